The van der Waals surface area contributed by atoms with Gasteiger partial charge in [-0.15, -0.1) is 0 Å². The number of carbonyl (C=O) groups is 1. The van der Waals surface area contributed by atoms with Crippen LogP contribution in [-0.4, -0.2) is 48.8 Å². The lowest BCUT2D eigenvalue weighted by atomic mass is 10.0. The Morgan fingerprint density at radius 1 is 1.14 bits per heavy atom. The summed E-state index contributed by atoms with van der Waals surface area (Å²) in [6, 6.07) is 15.2. The lowest BCUT2D eigenvalue weighted by molar-refractivity contribution is -0.384. The molecule has 3 rings (SSSR count). The molecule has 0 N–H and O–H groups in total. The number of likely N-dealkylation sites (N-methyl/N-ethyl adjacent to an activating group) is 1. The van der Waals surface area contributed by atoms with Crippen LogP contribution < -0.4 is 4.90 Å². The Bertz CT molecular complexity index is 955. The quantitative estimate of drug-likeness (QED) is 0.262. The summed E-state index contributed by atoms with van der Waals surface area (Å²) in [6.45, 7) is 3.09. The van der Waals surface area contributed by atoms with Gasteiger partial charge in [0.05, 0.1) is 4.92 Å². The molecule has 0 radical (unpaired) electrons. The molecule has 1 aliphatic heterocycles. The summed E-state index contributed by atoms with van der Waals surface area (Å²) >= 11 is 0. The van der Waals surface area contributed by atoms with E-state index in [1.807, 2.05) is 18.0 Å². The molecule has 0 atom stereocenters. The van der Waals surface area contributed by atoms with Crippen LogP contribution in [0.15, 0.2) is 54.1 Å². The van der Waals surface area contributed by atoms with E-state index in [0.717, 1.165) is 13.1 Å². The Labute approximate surface area is 163 Å². The van der Waals surface area contributed by atoms with Gasteiger partial charge in [-0.3, -0.25) is 14.9 Å². The molecule has 0 bridgehead atoms. The standard InChI is InChI=1S/C21H20N4O3/c1-23-9-11-24(12-10-23)19-8-7-16(14-20(19)25(27)28)13-18(15-22)21(26)17-5-3-2-4-6-17/h2-8,13-14H,9-12H2,1H3/b18-13-. The molecule has 0 spiro atoms. The van der Waals surface area contributed by atoms with Crippen molar-refractivity contribution in [2.45, 2.75) is 0 Å². The van der Waals surface area contributed by atoms with Gasteiger partial charge in [-0.2, -0.15) is 5.26 Å². The highest BCUT2D eigenvalue weighted by molar-refractivity contribution is 6.14. The summed E-state index contributed by atoms with van der Waals surface area (Å²) in [7, 11) is 2.02. The molecule has 1 aliphatic rings. The average Bonchev–Trinajstić information content (AvgIpc) is 2.72. The summed E-state index contributed by atoms with van der Waals surface area (Å²) in [5.41, 5.74) is 1.32. The molecule has 0 amide bonds. The van der Waals surface area contributed by atoms with E-state index in [4.69, 9.17) is 0 Å². The van der Waals surface area contributed by atoms with Gasteiger partial charge in [0.1, 0.15) is 17.3 Å². The van der Waals surface area contributed by atoms with Gasteiger partial charge in [0.2, 0.25) is 5.78 Å². The van der Waals surface area contributed by atoms with E-state index < -0.39 is 10.7 Å². The minimum atomic E-state index is -0.421. The Kier molecular flexibility index (Phi) is 5.82. The third-order valence-corrected chi connectivity index (χ3v) is 4.75. The number of Topliss-reactive ketones (excluding diaryl/α,β-unsaturated/α-hetero) is 1. The number of anilines is 1. The van der Waals surface area contributed by atoms with E-state index in [2.05, 4.69) is 4.90 Å². The highest BCUT2D eigenvalue weighted by Gasteiger charge is 2.23. The maximum absolute atomic E-state index is 12.5. The predicted octanol–water partition coefficient (Wildman–Crippen LogP) is 3.14. The molecule has 2 aromatic rings. The number of nitro benzene ring substituents is 1. The van der Waals surface area contributed by atoms with E-state index in [1.54, 1.807) is 42.5 Å². The summed E-state index contributed by atoms with van der Waals surface area (Å²) in [5.74, 6) is -0.408. The van der Waals surface area contributed by atoms with Gasteiger partial charge in [0.15, 0.2) is 0 Å². The molecule has 7 nitrogen and oxygen atoms in total. The zero-order valence-corrected chi connectivity index (χ0v) is 15.5. The SMILES string of the molecule is CN1CCN(c2ccc(/C=C(/C#N)C(=O)c3ccccc3)cc2[N+](=O)[O-])CC1. The highest BCUT2D eigenvalue weighted by Crippen LogP contribution is 2.31. The Hall–Kier alpha value is -3.50. The summed E-state index contributed by atoms with van der Waals surface area (Å²) in [5, 5.41) is 21.0. The fraction of sp³-hybridized carbons (Fsp3) is 0.238. The van der Waals surface area contributed by atoms with Crippen molar-refractivity contribution in [2.24, 2.45) is 0 Å². The smallest absolute Gasteiger partial charge is 0.293 e. The second kappa shape index (κ2) is 8.46. The van der Waals surface area contributed by atoms with Gasteiger partial charge in [0.25, 0.3) is 5.69 Å². The van der Waals surface area contributed by atoms with Gasteiger partial charge in [-0.1, -0.05) is 36.4 Å². The molecular weight excluding hydrogens is 356 g/mol. The fourth-order valence-electron chi connectivity index (χ4n) is 3.15. The molecule has 1 saturated heterocycles. The van der Waals surface area contributed by atoms with Crippen LogP contribution in [-0.2, 0) is 0 Å². The van der Waals surface area contributed by atoms with Crippen molar-refractivity contribution in [3.63, 3.8) is 0 Å². The second-order valence-electron chi connectivity index (χ2n) is 6.66. The zero-order valence-electron chi connectivity index (χ0n) is 15.5. The van der Waals surface area contributed by atoms with Crippen molar-refractivity contribution in [1.82, 2.24) is 4.90 Å². The van der Waals surface area contributed by atoms with Gasteiger partial charge in [-0.25, -0.2) is 0 Å². The minimum absolute atomic E-state index is 0.0252. The molecule has 1 fully saturated rings. The Balaban J connectivity index is 1.93. The number of rotatable bonds is 5. The normalized spacial score (nSPS) is 15.1. The van der Waals surface area contributed by atoms with Crippen molar-refractivity contribution in [1.29, 1.82) is 5.26 Å². The lowest BCUT2D eigenvalue weighted by Gasteiger charge is -2.33. The van der Waals surface area contributed by atoms with Gasteiger partial charge < -0.3 is 9.80 Å². The molecule has 142 valence electrons. The summed E-state index contributed by atoms with van der Waals surface area (Å²) in [6.07, 6.45) is 1.40. The number of ketones is 1. The van der Waals surface area contributed by atoms with E-state index in [-0.39, 0.29) is 11.3 Å². The largest absolute Gasteiger partial charge is 0.363 e. The monoisotopic (exact) mass is 376 g/mol. The fourth-order valence-corrected chi connectivity index (χ4v) is 3.15. The molecule has 0 aromatic heterocycles. The highest BCUT2D eigenvalue weighted by atomic mass is 16.6. The summed E-state index contributed by atoms with van der Waals surface area (Å²) < 4.78 is 0. The van der Waals surface area contributed by atoms with Crippen molar-refractivity contribution in [2.75, 3.05) is 38.1 Å². The van der Waals surface area contributed by atoms with Gasteiger partial charge >= 0.3 is 0 Å². The van der Waals surface area contributed by atoms with Crippen LogP contribution in [0.4, 0.5) is 11.4 Å². The topological polar surface area (TPSA) is 90.5 Å². The van der Waals surface area contributed by atoms with Crippen molar-refractivity contribution >= 4 is 23.2 Å². The third kappa shape index (κ3) is 4.24. The zero-order chi connectivity index (χ0) is 20.1. The molecule has 0 saturated carbocycles. The lowest BCUT2D eigenvalue weighted by Crippen LogP contribution is -2.44. The summed E-state index contributed by atoms with van der Waals surface area (Å²) in [4.78, 5) is 27.9. The molecule has 0 aliphatic carbocycles. The predicted molar refractivity (Wildman–Crippen MR) is 107 cm³/mol. The maximum Gasteiger partial charge on any atom is 0.293 e. The van der Waals surface area contributed by atoms with E-state index >= 15 is 0 Å². The van der Waals surface area contributed by atoms with E-state index in [9.17, 15) is 20.2 Å². The third-order valence-electron chi connectivity index (χ3n) is 4.75. The number of hydrogen-bond donors (Lipinski definition) is 0. The number of hydrogen-bond acceptors (Lipinski definition) is 6. The first-order valence-electron chi connectivity index (χ1n) is 8.93. The van der Waals surface area contributed by atoms with Crippen LogP contribution in [0.3, 0.4) is 0 Å². The molecule has 28 heavy (non-hydrogen) atoms. The van der Waals surface area contributed by atoms with E-state index in [0.29, 0.717) is 29.9 Å². The van der Waals surface area contributed by atoms with Crippen LogP contribution in [0.5, 0.6) is 0 Å². The number of nitriles is 1. The van der Waals surface area contributed by atoms with Crippen molar-refractivity contribution < 1.29 is 9.72 Å². The van der Waals surface area contributed by atoms with Crippen molar-refractivity contribution in [3.05, 3.63) is 75.3 Å². The first kappa shape index (κ1) is 19.3. The molecule has 0 unspecified atom stereocenters. The van der Waals surface area contributed by atoms with Crippen LogP contribution in [0.1, 0.15) is 15.9 Å². The number of allylic oxidation sites excluding steroid dienone is 1. The molecular formula is C21H20N4O3. The molecule has 7 heteroatoms. The second-order valence-corrected chi connectivity index (χ2v) is 6.66. The van der Waals surface area contributed by atoms with Crippen molar-refractivity contribution in [3.8, 4) is 6.07 Å². The van der Waals surface area contributed by atoms with E-state index in [1.165, 1.54) is 12.1 Å². The average molecular weight is 376 g/mol. The van der Waals surface area contributed by atoms with Crippen LogP contribution in [0.2, 0.25) is 0 Å². The maximum atomic E-state index is 12.5. The van der Waals surface area contributed by atoms with Crippen LogP contribution >= 0.6 is 0 Å². The van der Waals surface area contributed by atoms with Gasteiger partial charge in [-0.05, 0) is 24.8 Å². The van der Waals surface area contributed by atoms with Crippen LogP contribution in [0, 0.1) is 21.4 Å². The minimum Gasteiger partial charge on any atom is -0.363 e. The Morgan fingerprint density at radius 2 is 1.82 bits per heavy atom. The first-order valence-corrected chi connectivity index (χ1v) is 8.93. The number of piperazine rings is 1. The number of nitro groups is 1. The molecule has 2 aromatic carbocycles. The molecule has 1 heterocycles. The van der Waals surface area contributed by atoms with Crippen LogP contribution in [0.25, 0.3) is 6.08 Å². The Morgan fingerprint density at radius 3 is 2.43 bits per heavy atom. The number of benzene rings is 2. The number of nitrogens with zero attached hydrogens (tertiary/aromatic N) is 4. The van der Waals surface area contributed by atoms with Gasteiger partial charge in [0, 0.05) is 37.8 Å². The first-order chi connectivity index (χ1) is 13.5. The number of carbonyl (C=O) groups excluding carboxylic acids is 1.